The molecule has 0 bridgehead atoms. The summed E-state index contributed by atoms with van der Waals surface area (Å²) >= 11 is 1.57. The van der Waals surface area contributed by atoms with Crippen LogP contribution in [-0.4, -0.2) is 33.4 Å². The number of amides is 1. The molecule has 1 amide bonds. The van der Waals surface area contributed by atoms with Crippen molar-refractivity contribution in [3.05, 3.63) is 59.5 Å². The zero-order valence-electron chi connectivity index (χ0n) is 15.2. The van der Waals surface area contributed by atoms with E-state index < -0.39 is 0 Å². The molecule has 4 aromatic rings. The highest BCUT2D eigenvalue weighted by Gasteiger charge is 2.23. The number of rotatable bonds is 2. The second-order valence-corrected chi connectivity index (χ2v) is 7.47. The molecule has 3 heterocycles. The molecule has 0 fully saturated rings. The van der Waals surface area contributed by atoms with Gasteiger partial charge in [-0.05, 0) is 42.0 Å². The molecule has 7 nitrogen and oxygen atoms in total. The average Bonchev–Trinajstić information content (AvgIpc) is 3.40. The number of imidazole rings is 1. The van der Waals surface area contributed by atoms with Crippen LogP contribution in [0.4, 0.5) is 5.69 Å². The summed E-state index contributed by atoms with van der Waals surface area (Å²) < 4.78 is 3.05. The zero-order chi connectivity index (χ0) is 19.3. The number of fused-ring (bicyclic) bond motifs is 2. The Bertz CT molecular complexity index is 1300. The number of nitrogens with one attached hydrogen (secondary N) is 1. The van der Waals surface area contributed by atoms with Crippen molar-refractivity contribution in [1.82, 2.24) is 19.9 Å². The van der Waals surface area contributed by atoms with Gasteiger partial charge in [0.05, 0.1) is 33.1 Å². The van der Waals surface area contributed by atoms with E-state index in [9.17, 15) is 4.79 Å². The summed E-state index contributed by atoms with van der Waals surface area (Å²) in [6.45, 7) is 0. The molecule has 2 aromatic heterocycles. The molecule has 0 unspecified atom stereocenters. The predicted octanol–water partition coefficient (Wildman–Crippen LogP) is 3.15. The normalized spacial score (nSPS) is 15.4. The van der Waals surface area contributed by atoms with E-state index in [4.69, 9.17) is 0 Å². The van der Waals surface area contributed by atoms with Gasteiger partial charge in [-0.2, -0.15) is 0 Å². The van der Waals surface area contributed by atoms with Crippen molar-refractivity contribution < 1.29 is 4.79 Å². The van der Waals surface area contributed by atoms with Gasteiger partial charge < -0.3 is 9.47 Å². The molecule has 0 atom stereocenters. The van der Waals surface area contributed by atoms with Crippen LogP contribution in [0.5, 0.6) is 0 Å². The Kier molecular flexibility index (Phi) is 3.73. The van der Waals surface area contributed by atoms with Gasteiger partial charge >= 0.3 is 0 Å². The van der Waals surface area contributed by atoms with Gasteiger partial charge in [0.1, 0.15) is 5.70 Å². The first-order valence-electron chi connectivity index (χ1n) is 8.68. The molecule has 1 aliphatic heterocycles. The van der Waals surface area contributed by atoms with Crippen molar-refractivity contribution in [2.75, 3.05) is 11.9 Å². The van der Waals surface area contributed by atoms with Gasteiger partial charge in [-0.15, -0.1) is 11.3 Å². The minimum Gasteiger partial charge on any atom is -0.334 e. The molecule has 8 heteroatoms. The third kappa shape index (κ3) is 2.74. The van der Waals surface area contributed by atoms with Gasteiger partial charge in [0.2, 0.25) is 5.96 Å². The van der Waals surface area contributed by atoms with E-state index in [0.29, 0.717) is 11.7 Å². The highest BCUT2D eigenvalue weighted by molar-refractivity contribution is 7.16. The fourth-order valence-corrected chi connectivity index (χ4v) is 3.92. The van der Waals surface area contributed by atoms with Crippen LogP contribution < -0.4 is 10.2 Å². The number of aromatic nitrogens is 3. The Morgan fingerprint density at radius 1 is 1.14 bits per heavy atom. The molecular weight excluding hydrogens is 372 g/mol. The number of carbonyl (C=O) groups excluding carboxylic acids is 1. The largest absolute Gasteiger partial charge is 0.334 e. The topological polar surface area (TPSA) is 75.4 Å². The van der Waals surface area contributed by atoms with Crippen LogP contribution in [0.2, 0.25) is 0 Å². The molecule has 0 radical (unpaired) electrons. The van der Waals surface area contributed by atoms with Gasteiger partial charge in [0.15, 0.2) is 0 Å². The molecule has 0 saturated heterocycles. The summed E-state index contributed by atoms with van der Waals surface area (Å²) in [5, 5.41) is 2.84. The van der Waals surface area contributed by atoms with Gasteiger partial charge in [0, 0.05) is 19.8 Å². The lowest BCUT2D eigenvalue weighted by Crippen LogP contribution is -2.37. The Balaban J connectivity index is 1.46. The van der Waals surface area contributed by atoms with E-state index >= 15 is 0 Å². The highest BCUT2D eigenvalue weighted by atomic mass is 32.1. The van der Waals surface area contributed by atoms with Crippen LogP contribution in [0.1, 0.15) is 5.56 Å². The number of benzene rings is 2. The Hall–Kier alpha value is -3.52. The van der Waals surface area contributed by atoms with Crippen molar-refractivity contribution in [1.29, 1.82) is 0 Å². The summed E-state index contributed by atoms with van der Waals surface area (Å²) in [5.74, 6) is 0.274. The van der Waals surface area contributed by atoms with Crippen LogP contribution in [0, 0.1) is 0 Å². The van der Waals surface area contributed by atoms with E-state index in [1.807, 2.05) is 65.5 Å². The quantitative estimate of drug-likeness (QED) is 0.535. The molecule has 138 valence electrons. The van der Waals surface area contributed by atoms with E-state index in [0.717, 1.165) is 32.5 Å². The molecular formula is C20H16N6OS. The van der Waals surface area contributed by atoms with Gasteiger partial charge in [-0.1, -0.05) is 6.07 Å². The number of aliphatic imine (C=N–C) groups is 1. The van der Waals surface area contributed by atoms with Gasteiger partial charge in [-0.25, -0.2) is 15.0 Å². The first-order chi connectivity index (χ1) is 13.6. The Labute approximate surface area is 164 Å². The van der Waals surface area contributed by atoms with Crippen LogP contribution in [0.25, 0.3) is 27.3 Å². The summed E-state index contributed by atoms with van der Waals surface area (Å²) in [7, 11) is 3.83. The summed E-state index contributed by atoms with van der Waals surface area (Å²) in [4.78, 5) is 27.4. The minimum absolute atomic E-state index is 0.217. The molecule has 0 saturated carbocycles. The lowest BCUT2D eigenvalue weighted by atomic mass is 10.2. The highest BCUT2D eigenvalue weighted by Crippen LogP contribution is 2.24. The van der Waals surface area contributed by atoms with Crippen LogP contribution in [-0.2, 0) is 11.8 Å². The fraction of sp³-hybridized carbons (Fsp3) is 0.100. The van der Waals surface area contributed by atoms with Crippen molar-refractivity contribution >= 4 is 56.2 Å². The van der Waals surface area contributed by atoms with Crippen LogP contribution in [0.3, 0.4) is 0 Å². The maximum atomic E-state index is 12.4. The fourth-order valence-electron chi connectivity index (χ4n) is 3.19. The lowest BCUT2D eigenvalue weighted by Gasteiger charge is -2.18. The first kappa shape index (κ1) is 16.6. The van der Waals surface area contributed by atoms with Gasteiger partial charge in [-0.3, -0.25) is 10.1 Å². The number of carbonyl (C=O) groups is 1. The maximum Gasteiger partial charge on any atom is 0.276 e. The number of nitrogens with zero attached hydrogens (tertiary/aromatic N) is 5. The summed E-state index contributed by atoms with van der Waals surface area (Å²) in [6, 6.07) is 11.9. The number of thiazole rings is 1. The van der Waals surface area contributed by atoms with E-state index in [-0.39, 0.29) is 5.91 Å². The molecule has 1 N–H and O–H groups in total. The van der Waals surface area contributed by atoms with Crippen LogP contribution in [0.15, 0.2) is 58.9 Å². The molecule has 5 rings (SSSR count). The first-order valence-corrected chi connectivity index (χ1v) is 9.56. The lowest BCUT2D eigenvalue weighted by molar-refractivity contribution is -0.115. The van der Waals surface area contributed by atoms with E-state index in [1.54, 1.807) is 23.7 Å². The number of aryl methyl sites for hydroxylation is 1. The zero-order valence-corrected chi connectivity index (χ0v) is 16.1. The molecule has 0 spiro atoms. The van der Waals surface area contributed by atoms with Crippen molar-refractivity contribution in [3.8, 4) is 0 Å². The Morgan fingerprint density at radius 3 is 2.93 bits per heavy atom. The van der Waals surface area contributed by atoms with Crippen molar-refractivity contribution in [2.24, 2.45) is 12.0 Å². The van der Waals surface area contributed by atoms with Crippen LogP contribution >= 0.6 is 11.3 Å². The molecule has 1 aliphatic rings. The third-order valence-electron chi connectivity index (χ3n) is 4.76. The monoisotopic (exact) mass is 388 g/mol. The van der Waals surface area contributed by atoms with Crippen molar-refractivity contribution in [3.63, 3.8) is 0 Å². The van der Waals surface area contributed by atoms with Crippen molar-refractivity contribution in [2.45, 2.75) is 0 Å². The number of guanidine groups is 1. The summed E-state index contributed by atoms with van der Waals surface area (Å²) in [6.07, 6.45) is 3.57. The standard InChI is InChI=1S/C20H16N6OS/c1-25-10-21-15-9-13(4-6-17(15)25)26(2)20-23-16(19(27)24-20)7-12-3-5-14-18(8-12)28-11-22-14/h3-11H,1-2H3,(H,23,24,27)/b16-7-. The van der Waals surface area contributed by atoms with Gasteiger partial charge in [0.25, 0.3) is 5.91 Å². The SMILES string of the molecule is CN(C1=N/C(=C\c2ccc3ncsc3c2)C(=O)N1)c1ccc2c(c1)ncn2C. The average molecular weight is 388 g/mol. The maximum absolute atomic E-state index is 12.4. The smallest absolute Gasteiger partial charge is 0.276 e. The summed E-state index contributed by atoms with van der Waals surface area (Å²) in [5.41, 5.74) is 6.91. The number of hydrogen-bond donors (Lipinski definition) is 1. The third-order valence-corrected chi connectivity index (χ3v) is 5.55. The number of hydrogen-bond acceptors (Lipinski definition) is 6. The Morgan fingerprint density at radius 2 is 2.04 bits per heavy atom. The molecule has 2 aromatic carbocycles. The minimum atomic E-state index is -0.217. The molecule has 0 aliphatic carbocycles. The second-order valence-electron chi connectivity index (χ2n) is 6.59. The predicted molar refractivity (Wildman–Crippen MR) is 112 cm³/mol. The van der Waals surface area contributed by atoms with E-state index in [2.05, 4.69) is 20.3 Å². The molecule has 28 heavy (non-hydrogen) atoms. The van der Waals surface area contributed by atoms with E-state index in [1.165, 1.54) is 0 Å². The number of anilines is 1. The second kappa shape index (κ2) is 6.28.